The lowest BCUT2D eigenvalue weighted by Crippen LogP contribution is -2.11. The molecule has 3 nitrogen and oxygen atoms in total. The minimum absolute atomic E-state index is 0.864. The van der Waals surface area contributed by atoms with Crippen molar-refractivity contribution in [2.75, 3.05) is 9.80 Å². The molecule has 1 aromatic heterocycles. The van der Waals surface area contributed by atoms with Crippen molar-refractivity contribution in [3.8, 4) is 55.6 Å². The Balaban J connectivity index is 0.940. The number of nitrogens with zero attached hydrogens (tertiary/aromatic N) is 2. The van der Waals surface area contributed by atoms with Gasteiger partial charge in [-0.2, -0.15) is 0 Å². The maximum atomic E-state index is 6.40. The quantitative estimate of drug-likeness (QED) is 0.129. The van der Waals surface area contributed by atoms with Crippen LogP contribution < -0.4 is 9.80 Å². The molecule has 3 heteroatoms. The predicted octanol–water partition coefficient (Wildman–Crippen LogP) is 20.3. The predicted molar refractivity (Wildman–Crippen MR) is 313 cm³/mol. The highest BCUT2D eigenvalue weighted by atomic mass is 16.3. The first-order chi connectivity index (χ1) is 36.6. The van der Waals surface area contributed by atoms with E-state index in [0.29, 0.717) is 0 Å². The van der Waals surface area contributed by atoms with E-state index in [1.165, 1.54) is 33.0 Å². The number of anilines is 6. The molecule has 13 aromatic rings. The Labute approximate surface area is 432 Å². The third kappa shape index (κ3) is 8.26. The highest BCUT2D eigenvalue weighted by Crippen LogP contribution is 2.47. The Morgan fingerprint density at radius 3 is 1.26 bits per heavy atom. The van der Waals surface area contributed by atoms with Crippen LogP contribution in [-0.4, -0.2) is 0 Å². The Bertz CT molecular complexity index is 4110. The molecular weight excluding hydrogens is 897 g/mol. The summed E-state index contributed by atoms with van der Waals surface area (Å²) in [4.78, 5) is 4.72. The largest absolute Gasteiger partial charge is 0.456 e. The fourth-order valence-corrected chi connectivity index (χ4v) is 10.8. The number of benzene rings is 12. The molecule has 0 atom stereocenters. The molecule has 1 heterocycles. The normalized spacial score (nSPS) is 11.3. The van der Waals surface area contributed by atoms with Crippen LogP contribution in [0.3, 0.4) is 0 Å². The van der Waals surface area contributed by atoms with Gasteiger partial charge in [0.1, 0.15) is 11.2 Å². The van der Waals surface area contributed by atoms with E-state index < -0.39 is 0 Å². The van der Waals surface area contributed by atoms with Crippen LogP contribution in [0.4, 0.5) is 34.1 Å². The van der Waals surface area contributed by atoms with Crippen molar-refractivity contribution in [3.05, 3.63) is 291 Å². The number of para-hydroxylation sites is 3. The van der Waals surface area contributed by atoms with Crippen LogP contribution in [0, 0.1) is 6.92 Å². The molecule has 0 saturated heterocycles. The fraction of sp³-hybridized carbons (Fsp3) is 0.0141. The molecule has 0 unspecified atom stereocenters. The van der Waals surface area contributed by atoms with E-state index >= 15 is 0 Å². The van der Waals surface area contributed by atoms with Crippen LogP contribution in [0.15, 0.2) is 290 Å². The number of furan rings is 1. The van der Waals surface area contributed by atoms with Gasteiger partial charge in [0.2, 0.25) is 0 Å². The van der Waals surface area contributed by atoms with Crippen LogP contribution in [0.5, 0.6) is 0 Å². The van der Waals surface area contributed by atoms with Gasteiger partial charge in [-0.3, -0.25) is 0 Å². The summed E-state index contributed by atoms with van der Waals surface area (Å²) in [5.74, 6) is 0. The lowest BCUT2D eigenvalue weighted by molar-refractivity contribution is 0.669. The molecule has 13 rings (SSSR count). The molecule has 0 aliphatic rings. The smallest absolute Gasteiger partial charge is 0.137 e. The van der Waals surface area contributed by atoms with Gasteiger partial charge < -0.3 is 14.2 Å². The first-order valence-corrected chi connectivity index (χ1v) is 25.3. The Morgan fingerprint density at radius 1 is 0.257 bits per heavy atom. The molecule has 0 saturated carbocycles. The van der Waals surface area contributed by atoms with Crippen molar-refractivity contribution >= 4 is 66.8 Å². The van der Waals surface area contributed by atoms with Gasteiger partial charge in [-0.15, -0.1) is 0 Å². The van der Waals surface area contributed by atoms with Gasteiger partial charge in [0, 0.05) is 50.8 Å². The Kier molecular flexibility index (Phi) is 11.4. The molecule has 0 amide bonds. The monoisotopic (exact) mass is 946 g/mol. The van der Waals surface area contributed by atoms with E-state index in [9.17, 15) is 0 Å². The summed E-state index contributed by atoms with van der Waals surface area (Å²) >= 11 is 0. The van der Waals surface area contributed by atoms with E-state index in [1.807, 2.05) is 12.1 Å². The van der Waals surface area contributed by atoms with Crippen molar-refractivity contribution in [2.24, 2.45) is 0 Å². The summed E-state index contributed by atoms with van der Waals surface area (Å²) in [5, 5.41) is 4.64. The number of aryl methyl sites for hydroxylation is 1. The zero-order valence-electron chi connectivity index (χ0n) is 40.9. The summed E-state index contributed by atoms with van der Waals surface area (Å²) in [6.07, 6.45) is 0. The Hall–Kier alpha value is -9.70. The van der Waals surface area contributed by atoms with Crippen molar-refractivity contribution in [3.63, 3.8) is 0 Å². The van der Waals surface area contributed by atoms with Crippen LogP contribution in [-0.2, 0) is 0 Å². The second kappa shape index (κ2) is 19.1. The fourth-order valence-electron chi connectivity index (χ4n) is 10.8. The number of hydrogen-bond acceptors (Lipinski definition) is 3. The molecule has 0 aliphatic heterocycles. The van der Waals surface area contributed by atoms with Gasteiger partial charge in [-0.25, -0.2) is 0 Å². The third-order valence-corrected chi connectivity index (χ3v) is 14.4. The highest BCUT2D eigenvalue weighted by molar-refractivity contribution is 6.06. The van der Waals surface area contributed by atoms with Gasteiger partial charge in [0.15, 0.2) is 0 Å². The average Bonchev–Trinajstić information content (AvgIpc) is 3.85. The van der Waals surface area contributed by atoms with Crippen LogP contribution >= 0.6 is 0 Å². The first-order valence-electron chi connectivity index (χ1n) is 25.3. The van der Waals surface area contributed by atoms with Gasteiger partial charge in [0.05, 0.1) is 5.69 Å². The van der Waals surface area contributed by atoms with Crippen molar-refractivity contribution in [2.45, 2.75) is 6.92 Å². The van der Waals surface area contributed by atoms with Gasteiger partial charge in [-0.05, 0) is 164 Å². The molecule has 12 aromatic carbocycles. The molecule has 0 N–H and O–H groups in total. The standard InChI is InChI=1S/C71H50N2O/c1-49-20-14-17-31-61(49)68-44-54-25-15-16-26-55(54)45-69(68)73(57-29-12-5-13-30-57)59-40-36-53(37-41-59)67-48-64(50-21-6-2-7-22-50)66(47-65(67)51-23-8-3-9-24-51)52-34-38-58(39-35-52)72(56-27-10-4-11-28-56)60-42-43-63-62-32-18-19-33-70(62)74-71(63)46-60/h2-48H,1H3. The van der Waals surface area contributed by atoms with E-state index in [-0.39, 0.29) is 0 Å². The van der Waals surface area contributed by atoms with Crippen LogP contribution in [0.25, 0.3) is 88.3 Å². The van der Waals surface area contributed by atoms with Crippen molar-refractivity contribution in [1.82, 2.24) is 0 Å². The van der Waals surface area contributed by atoms with Gasteiger partial charge in [0.25, 0.3) is 0 Å². The first kappa shape index (κ1) is 44.3. The summed E-state index contributed by atoms with van der Waals surface area (Å²) in [6.45, 7) is 2.20. The Morgan fingerprint density at radius 2 is 0.676 bits per heavy atom. The number of fused-ring (bicyclic) bond motifs is 4. The van der Waals surface area contributed by atoms with Crippen molar-refractivity contribution < 1.29 is 4.42 Å². The maximum absolute atomic E-state index is 6.40. The van der Waals surface area contributed by atoms with E-state index in [2.05, 4.69) is 290 Å². The molecule has 0 radical (unpaired) electrons. The van der Waals surface area contributed by atoms with E-state index in [1.54, 1.807) is 0 Å². The lowest BCUT2D eigenvalue weighted by atomic mass is 9.85. The summed E-state index contributed by atoms with van der Waals surface area (Å²) < 4.78 is 6.40. The average molecular weight is 947 g/mol. The zero-order chi connectivity index (χ0) is 49.4. The SMILES string of the molecule is Cc1ccccc1-c1cc2ccccc2cc1N(c1ccccc1)c1ccc(-c2cc(-c3ccccc3)c(-c3ccc(N(c4ccccc4)c4ccc5c(c4)oc4ccccc45)cc3)cc2-c2ccccc2)cc1. The van der Waals surface area contributed by atoms with Gasteiger partial charge in [-0.1, -0.05) is 188 Å². The summed E-state index contributed by atoms with van der Waals surface area (Å²) in [6, 6.07) is 103. The lowest BCUT2D eigenvalue weighted by Gasteiger charge is -2.29. The second-order valence-corrected chi connectivity index (χ2v) is 18.9. The van der Waals surface area contributed by atoms with E-state index in [0.717, 1.165) is 95.0 Å². The summed E-state index contributed by atoms with van der Waals surface area (Å²) in [7, 11) is 0. The topological polar surface area (TPSA) is 19.6 Å². The van der Waals surface area contributed by atoms with E-state index in [4.69, 9.17) is 4.42 Å². The maximum Gasteiger partial charge on any atom is 0.137 e. The minimum Gasteiger partial charge on any atom is -0.456 e. The molecule has 350 valence electrons. The van der Waals surface area contributed by atoms with Crippen LogP contribution in [0.2, 0.25) is 0 Å². The second-order valence-electron chi connectivity index (χ2n) is 18.9. The number of rotatable bonds is 11. The van der Waals surface area contributed by atoms with Crippen LogP contribution in [0.1, 0.15) is 5.56 Å². The molecule has 74 heavy (non-hydrogen) atoms. The summed E-state index contributed by atoms with van der Waals surface area (Å²) in [5.41, 5.74) is 21.1. The molecular formula is C71H50N2O. The zero-order valence-corrected chi connectivity index (χ0v) is 40.9. The molecule has 0 fully saturated rings. The molecule has 0 aliphatic carbocycles. The van der Waals surface area contributed by atoms with Crippen molar-refractivity contribution in [1.29, 1.82) is 0 Å². The minimum atomic E-state index is 0.864. The van der Waals surface area contributed by atoms with Gasteiger partial charge >= 0.3 is 0 Å². The highest BCUT2D eigenvalue weighted by Gasteiger charge is 2.22. The third-order valence-electron chi connectivity index (χ3n) is 14.4. The number of hydrogen-bond donors (Lipinski definition) is 0. The molecule has 0 bridgehead atoms. The molecule has 0 spiro atoms.